The van der Waals surface area contributed by atoms with E-state index in [4.69, 9.17) is 16.3 Å². The van der Waals surface area contributed by atoms with Gasteiger partial charge in [-0.25, -0.2) is 8.42 Å². The van der Waals surface area contributed by atoms with Crippen LogP contribution >= 0.6 is 11.6 Å². The molecule has 0 radical (unpaired) electrons. The summed E-state index contributed by atoms with van der Waals surface area (Å²) in [5.41, 5.74) is 0. The van der Waals surface area contributed by atoms with E-state index in [1.807, 2.05) is 0 Å². The van der Waals surface area contributed by atoms with Crippen molar-refractivity contribution in [3.63, 3.8) is 0 Å². The van der Waals surface area contributed by atoms with Crippen molar-refractivity contribution in [2.45, 2.75) is 49.5 Å². The molecule has 25 heavy (non-hydrogen) atoms. The molecule has 1 heterocycles. The Hall–Kier alpha value is -1.31. The fraction of sp³-hybridized carbons (Fsp3) is 0.588. The minimum atomic E-state index is -3.92. The van der Waals surface area contributed by atoms with Crippen LogP contribution < -0.4 is 14.8 Å². The van der Waals surface area contributed by atoms with Crippen LogP contribution in [-0.4, -0.2) is 33.5 Å². The lowest BCUT2D eigenvalue weighted by Crippen LogP contribution is -2.45. The molecule has 1 aromatic carbocycles. The average molecular weight is 387 g/mol. The van der Waals surface area contributed by atoms with Crippen molar-refractivity contribution in [1.82, 2.24) is 10.0 Å². The average Bonchev–Trinajstić information content (AvgIpc) is 3.39. The molecule has 1 aliphatic heterocycles. The number of hydrogen-bond donors (Lipinski definition) is 2. The number of nitrogens with one attached hydrogen (secondary N) is 2. The van der Waals surface area contributed by atoms with Gasteiger partial charge in [0.15, 0.2) is 0 Å². The number of amides is 1. The van der Waals surface area contributed by atoms with Gasteiger partial charge in [-0.1, -0.05) is 24.4 Å². The van der Waals surface area contributed by atoms with Gasteiger partial charge in [0, 0.05) is 11.6 Å². The molecule has 0 unspecified atom stereocenters. The maximum atomic E-state index is 12.8. The number of rotatable bonds is 7. The first-order chi connectivity index (χ1) is 12.0. The molecule has 1 saturated carbocycles. The molecule has 1 atom stereocenters. The standard InChI is InChI=1S/C17H23ClN2O4S/c18-13-6-7-15(24-10-8-12-4-5-12)16(11-13)25(22,23)20-14-3-1-2-9-19-17(14)21/h6-7,11-12,14,20H,1-5,8-10H2,(H,19,21)/t14-/m0/s1. The van der Waals surface area contributed by atoms with Crippen LogP contribution in [0, 0.1) is 5.92 Å². The SMILES string of the molecule is O=C1NCCCC[C@@H]1NS(=O)(=O)c1cc(Cl)ccc1OCCC1CC1. The minimum Gasteiger partial charge on any atom is -0.492 e. The smallest absolute Gasteiger partial charge is 0.245 e. The zero-order chi connectivity index (χ0) is 17.9. The van der Waals surface area contributed by atoms with Crippen LogP contribution in [0.1, 0.15) is 38.5 Å². The second kappa shape index (κ2) is 7.93. The number of sulfonamides is 1. The lowest BCUT2D eigenvalue weighted by atomic mass is 10.1. The zero-order valence-electron chi connectivity index (χ0n) is 14.0. The lowest BCUT2D eigenvalue weighted by Gasteiger charge is -2.17. The van der Waals surface area contributed by atoms with Crippen molar-refractivity contribution in [3.05, 3.63) is 23.2 Å². The first-order valence-electron chi connectivity index (χ1n) is 8.68. The molecule has 138 valence electrons. The van der Waals surface area contributed by atoms with Crippen molar-refractivity contribution in [1.29, 1.82) is 0 Å². The van der Waals surface area contributed by atoms with E-state index in [2.05, 4.69) is 10.0 Å². The van der Waals surface area contributed by atoms with Crippen LogP contribution in [0.3, 0.4) is 0 Å². The highest BCUT2D eigenvalue weighted by Crippen LogP contribution is 2.33. The molecule has 2 aliphatic rings. The highest BCUT2D eigenvalue weighted by Gasteiger charge is 2.29. The third-order valence-corrected chi connectivity index (χ3v) is 6.24. The summed E-state index contributed by atoms with van der Waals surface area (Å²) < 4.78 is 33.8. The summed E-state index contributed by atoms with van der Waals surface area (Å²) in [4.78, 5) is 12.0. The van der Waals surface area contributed by atoms with Gasteiger partial charge in [0.2, 0.25) is 15.9 Å². The van der Waals surface area contributed by atoms with Crippen LogP contribution in [0.15, 0.2) is 23.1 Å². The number of carbonyl (C=O) groups is 1. The Morgan fingerprint density at radius 3 is 2.80 bits per heavy atom. The third kappa shape index (κ3) is 5.09. The summed E-state index contributed by atoms with van der Waals surface area (Å²) in [6.45, 7) is 1.04. The maximum Gasteiger partial charge on any atom is 0.245 e. The molecule has 0 bridgehead atoms. The topological polar surface area (TPSA) is 84.5 Å². The Morgan fingerprint density at radius 1 is 1.24 bits per heavy atom. The van der Waals surface area contributed by atoms with Crippen LogP contribution in [0.5, 0.6) is 5.75 Å². The predicted octanol–water partition coefficient (Wildman–Crippen LogP) is 2.47. The van der Waals surface area contributed by atoms with Gasteiger partial charge in [0.25, 0.3) is 0 Å². The van der Waals surface area contributed by atoms with Crippen LogP contribution in [0.25, 0.3) is 0 Å². The lowest BCUT2D eigenvalue weighted by molar-refractivity contribution is -0.122. The first kappa shape index (κ1) is 18.5. The monoisotopic (exact) mass is 386 g/mol. The molecule has 1 aromatic rings. The molecular weight excluding hydrogens is 364 g/mol. The summed E-state index contributed by atoms with van der Waals surface area (Å²) >= 11 is 5.99. The zero-order valence-corrected chi connectivity index (χ0v) is 15.5. The van der Waals surface area contributed by atoms with E-state index in [1.54, 1.807) is 12.1 Å². The van der Waals surface area contributed by atoms with Crippen molar-refractivity contribution in [2.75, 3.05) is 13.2 Å². The minimum absolute atomic E-state index is 0.0205. The van der Waals surface area contributed by atoms with Crippen molar-refractivity contribution >= 4 is 27.5 Å². The van der Waals surface area contributed by atoms with Crippen molar-refractivity contribution in [2.24, 2.45) is 5.92 Å². The van der Waals surface area contributed by atoms with E-state index in [1.165, 1.54) is 18.9 Å². The largest absolute Gasteiger partial charge is 0.492 e. The summed E-state index contributed by atoms with van der Waals surface area (Å²) in [6.07, 6.45) is 5.45. The van der Waals surface area contributed by atoms with E-state index in [9.17, 15) is 13.2 Å². The van der Waals surface area contributed by atoms with Gasteiger partial charge in [-0.3, -0.25) is 4.79 Å². The van der Waals surface area contributed by atoms with Gasteiger partial charge in [-0.15, -0.1) is 0 Å². The van der Waals surface area contributed by atoms with Gasteiger partial charge >= 0.3 is 0 Å². The number of halogens is 1. The molecule has 6 nitrogen and oxygen atoms in total. The Kier molecular flexibility index (Phi) is 5.86. The van der Waals surface area contributed by atoms with Crippen molar-refractivity contribution < 1.29 is 17.9 Å². The van der Waals surface area contributed by atoms with Gasteiger partial charge < -0.3 is 10.1 Å². The fourth-order valence-electron chi connectivity index (χ4n) is 2.86. The number of benzene rings is 1. The molecule has 2 fully saturated rings. The maximum absolute atomic E-state index is 12.8. The van der Waals surface area contributed by atoms with Crippen LogP contribution in [-0.2, 0) is 14.8 Å². The Bertz CT molecular complexity index is 734. The molecule has 1 amide bonds. The molecule has 1 saturated heterocycles. The molecular formula is C17H23ClN2O4S. The second-order valence-electron chi connectivity index (χ2n) is 6.63. The quantitative estimate of drug-likeness (QED) is 0.753. The number of hydrogen-bond acceptors (Lipinski definition) is 4. The van der Waals surface area contributed by atoms with Crippen molar-refractivity contribution in [3.8, 4) is 5.75 Å². The summed E-state index contributed by atoms with van der Waals surface area (Å²) in [7, 11) is -3.92. The van der Waals surface area contributed by atoms with E-state index in [-0.39, 0.29) is 16.6 Å². The number of carbonyl (C=O) groups excluding carboxylic acids is 1. The first-order valence-corrected chi connectivity index (χ1v) is 10.5. The Balaban J connectivity index is 1.76. The Labute approximate surface area is 153 Å². The van der Waals surface area contributed by atoms with Crippen LogP contribution in [0.2, 0.25) is 5.02 Å². The van der Waals surface area contributed by atoms with Crippen LogP contribution in [0.4, 0.5) is 0 Å². The fourth-order valence-corrected chi connectivity index (χ4v) is 4.49. The predicted molar refractivity (Wildman–Crippen MR) is 95.3 cm³/mol. The third-order valence-electron chi connectivity index (χ3n) is 4.51. The van der Waals surface area contributed by atoms with Gasteiger partial charge in [-0.05, 0) is 49.8 Å². The molecule has 2 N–H and O–H groups in total. The van der Waals surface area contributed by atoms with Gasteiger partial charge in [-0.2, -0.15) is 4.72 Å². The van der Waals surface area contributed by atoms with Gasteiger partial charge in [0.1, 0.15) is 16.7 Å². The van der Waals surface area contributed by atoms with E-state index < -0.39 is 16.1 Å². The molecule has 8 heteroatoms. The molecule has 1 aliphatic carbocycles. The Morgan fingerprint density at radius 2 is 2.04 bits per heavy atom. The van der Waals surface area contributed by atoms with E-state index in [0.717, 1.165) is 19.3 Å². The molecule has 3 rings (SSSR count). The molecule has 0 spiro atoms. The second-order valence-corrected chi connectivity index (χ2v) is 8.75. The molecule has 0 aromatic heterocycles. The highest BCUT2D eigenvalue weighted by atomic mass is 35.5. The highest BCUT2D eigenvalue weighted by molar-refractivity contribution is 7.89. The summed E-state index contributed by atoms with van der Waals surface area (Å²) in [5.74, 6) is 0.672. The van der Waals surface area contributed by atoms with E-state index >= 15 is 0 Å². The normalized spacial score (nSPS) is 21.5. The van der Waals surface area contributed by atoms with Gasteiger partial charge in [0.05, 0.1) is 6.61 Å². The summed E-state index contributed by atoms with van der Waals surface area (Å²) in [6, 6.07) is 3.76. The summed E-state index contributed by atoms with van der Waals surface area (Å²) in [5, 5.41) is 3.03. The van der Waals surface area contributed by atoms with E-state index in [0.29, 0.717) is 30.5 Å². The number of ether oxygens (including phenoxy) is 1.